The predicted molar refractivity (Wildman–Crippen MR) is 68.8 cm³/mol. The molecule has 0 bridgehead atoms. The summed E-state index contributed by atoms with van der Waals surface area (Å²) in [7, 11) is 0. The molecular weight excluding hydrogens is 236 g/mol. The first-order chi connectivity index (χ1) is 8.54. The van der Waals surface area contributed by atoms with Crippen LogP contribution in [0.3, 0.4) is 0 Å². The maximum atomic E-state index is 13.4. The molecule has 18 heavy (non-hydrogen) atoms. The van der Waals surface area contributed by atoms with E-state index in [1.54, 1.807) is 0 Å². The molecule has 0 aromatic heterocycles. The van der Waals surface area contributed by atoms with Crippen LogP contribution in [0.25, 0.3) is 0 Å². The van der Waals surface area contributed by atoms with Gasteiger partial charge in [0.1, 0.15) is 0 Å². The van der Waals surface area contributed by atoms with Crippen molar-refractivity contribution in [2.24, 2.45) is 0 Å². The second kappa shape index (κ2) is 7.31. The second-order valence-electron chi connectivity index (χ2n) is 4.57. The summed E-state index contributed by atoms with van der Waals surface area (Å²) in [5.41, 5.74) is 0. The minimum Gasteiger partial charge on any atom is -0.487 e. The summed E-state index contributed by atoms with van der Waals surface area (Å²) in [6.45, 7) is 6.95. The third-order valence-corrected chi connectivity index (χ3v) is 2.67. The summed E-state index contributed by atoms with van der Waals surface area (Å²) in [6, 6.07) is 4.26. The van der Waals surface area contributed by atoms with Gasteiger partial charge in [0, 0.05) is 6.04 Å². The summed E-state index contributed by atoms with van der Waals surface area (Å²) in [5, 5.41) is 3.33. The molecule has 0 saturated carbocycles. The monoisotopic (exact) mass is 257 g/mol. The number of halogens is 2. The van der Waals surface area contributed by atoms with E-state index in [1.807, 2.05) is 6.92 Å². The van der Waals surface area contributed by atoms with Crippen LogP contribution in [0, 0.1) is 11.6 Å². The Morgan fingerprint density at radius 1 is 1.28 bits per heavy atom. The molecule has 2 nitrogen and oxygen atoms in total. The van der Waals surface area contributed by atoms with Crippen molar-refractivity contribution in [2.45, 2.75) is 45.8 Å². The number of hydrogen-bond donors (Lipinski definition) is 1. The first-order valence-corrected chi connectivity index (χ1v) is 6.38. The molecule has 0 radical (unpaired) electrons. The third-order valence-electron chi connectivity index (χ3n) is 2.67. The summed E-state index contributed by atoms with van der Waals surface area (Å²) < 4.78 is 31.8. The zero-order valence-corrected chi connectivity index (χ0v) is 11.2. The van der Waals surface area contributed by atoms with Gasteiger partial charge >= 0.3 is 0 Å². The molecule has 0 aliphatic heterocycles. The van der Waals surface area contributed by atoms with Crippen LogP contribution in [0.5, 0.6) is 5.75 Å². The first kappa shape index (κ1) is 14.9. The molecule has 1 aromatic rings. The molecule has 2 unspecified atom stereocenters. The summed E-state index contributed by atoms with van der Waals surface area (Å²) >= 11 is 0. The van der Waals surface area contributed by atoms with E-state index in [9.17, 15) is 8.78 Å². The Bertz CT molecular complexity index is 371. The standard InChI is InChI=1S/C14H21F2NO/c1-4-8-17-10(2)9-11(3)18-13-7-5-6-12(15)14(13)16/h5-7,10-11,17H,4,8-9H2,1-3H3. The number of benzene rings is 1. The quantitative estimate of drug-likeness (QED) is 0.807. The van der Waals surface area contributed by atoms with Crippen molar-refractivity contribution in [3.63, 3.8) is 0 Å². The fraction of sp³-hybridized carbons (Fsp3) is 0.571. The third kappa shape index (κ3) is 4.61. The van der Waals surface area contributed by atoms with E-state index in [4.69, 9.17) is 4.74 Å². The van der Waals surface area contributed by atoms with Gasteiger partial charge in [-0.05, 0) is 45.4 Å². The molecule has 0 saturated heterocycles. The first-order valence-electron chi connectivity index (χ1n) is 6.38. The van der Waals surface area contributed by atoms with Crippen LogP contribution in [0.1, 0.15) is 33.6 Å². The Labute approximate surface area is 107 Å². The lowest BCUT2D eigenvalue weighted by Gasteiger charge is -2.20. The fourth-order valence-electron chi connectivity index (χ4n) is 1.81. The lowest BCUT2D eigenvalue weighted by molar-refractivity contribution is 0.186. The van der Waals surface area contributed by atoms with Crippen molar-refractivity contribution in [2.75, 3.05) is 6.54 Å². The highest BCUT2D eigenvalue weighted by Gasteiger charge is 2.14. The van der Waals surface area contributed by atoms with Gasteiger partial charge in [0.25, 0.3) is 0 Å². The summed E-state index contributed by atoms with van der Waals surface area (Å²) in [5.74, 6) is -1.82. The van der Waals surface area contributed by atoms with E-state index < -0.39 is 11.6 Å². The van der Waals surface area contributed by atoms with Crippen LogP contribution >= 0.6 is 0 Å². The van der Waals surface area contributed by atoms with Gasteiger partial charge in [-0.2, -0.15) is 4.39 Å². The lowest BCUT2D eigenvalue weighted by Crippen LogP contribution is -2.31. The zero-order valence-electron chi connectivity index (χ0n) is 11.2. The van der Waals surface area contributed by atoms with Crippen molar-refractivity contribution in [1.29, 1.82) is 0 Å². The van der Waals surface area contributed by atoms with Crippen LogP contribution < -0.4 is 10.1 Å². The molecule has 0 amide bonds. The van der Waals surface area contributed by atoms with Crippen LogP contribution in [0.4, 0.5) is 8.78 Å². The molecule has 1 rings (SSSR count). The van der Waals surface area contributed by atoms with Crippen molar-refractivity contribution >= 4 is 0 Å². The molecule has 2 atom stereocenters. The van der Waals surface area contributed by atoms with Crippen LogP contribution in [-0.2, 0) is 0 Å². The van der Waals surface area contributed by atoms with E-state index in [1.165, 1.54) is 12.1 Å². The van der Waals surface area contributed by atoms with Gasteiger partial charge in [0.15, 0.2) is 11.6 Å². The largest absolute Gasteiger partial charge is 0.487 e. The number of ether oxygens (including phenoxy) is 1. The maximum absolute atomic E-state index is 13.4. The molecule has 0 aliphatic rings. The number of nitrogens with one attached hydrogen (secondary N) is 1. The summed E-state index contributed by atoms with van der Waals surface area (Å²) in [4.78, 5) is 0. The molecule has 1 N–H and O–H groups in total. The van der Waals surface area contributed by atoms with E-state index in [0.717, 1.165) is 25.5 Å². The van der Waals surface area contributed by atoms with Gasteiger partial charge in [-0.1, -0.05) is 13.0 Å². The number of hydrogen-bond acceptors (Lipinski definition) is 2. The van der Waals surface area contributed by atoms with E-state index >= 15 is 0 Å². The SMILES string of the molecule is CCCNC(C)CC(C)Oc1cccc(F)c1F. The Balaban J connectivity index is 2.49. The number of rotatable bonds is 7. The van der Waals surface area contributed by atoms with Gasteiger partial charge in [-0.15, -0.1) is 0 Å². The summed E-state index contributed by atoms with van der Waals surface area (Å²) in [6.07, 6.45) is 1.65. The van der Waals surface area contributed by atoms with E-state index in [0.29, 0.717) is 0 Å². The fourth-order valence-corrected chi connectivity index (χ4v) is 1.81. The highest BCUT2D eigenvalue weighted by molar-refractivity contribution is 5.25. The van der Waals surface area contributed by atoms with Gasteiger partial charge in [0.2, 0.25) is 5.82 Å². The van der Waals surface area contributed by atoms with Crippen molar-refractivity contribution in [3.8, 4) is 5.75 Å². The second-order valence-corrected chi connectivity index (χ2v) is 4.57. The molecule has 4 heteroatoms. The highest BCUT2D eigenvalue weighted by Crippen LogP contribution is 2.21. The topological polar surface area (TPSA) is 21.3 Å². The Morgan fingerprint density at radius 3 is 2.67 bits per heavy atom. The van der Waals surface area contributed by atoms with Gasteiger partial charge < -0.3 is 10.1 Å². The molecular formula is C14H21F2NO. The zero-order chi connectivity index (χ0) is 13.5. The van der Waals surface area contributed by atoms with Crippen molar-refractivity contribution in [1.82, 2.24) is 5.32 Å². The van der Waals surface area contributed by atoms with Crippen molar-refractivity contribution < 1.29 is 13.5 Å². The van der Waals surface area contributed by atoms with E-state index in [-0.39, 0.29) is 17.9 Å². The average Bonchev–Trinajstić information content (AvgIpc) is 2.32. The lowest BCUT2D eigenvalue weighted by atomic mass is 10.1. The van der Waals surface area contributed by atoms with Crippen LogP contribution in [0.15, 0.2) is 18.2 Å². The average molecular weight is 257 g/mol. The molecule has 0 heterocycles. The molecule has 0 spiro atoms. The molecule has 0 fully saturated rings. The van der Waals surface area contributed by atoms with Crippen LogP contribution in [-0.4, -0.2) is 18.7 Å². The predicted octanol–water partition coefficient (Wildman–Crippen LogP) is 3.51. The van der Waals surface area contributed by atoms with Crippen LogP contribution in [0.2, 0.25) is 0 Å². The van der Waals surface area contributed by atoms with E-state index in [2.05, 4.69) is 19.2 Å². The molecule has 102 valence electrons. The van der Waals surface area contributed by atoms with Crippen molar-refractivity contribution in [3.05, 3.63) is 29.8 Å². The maximum Gasteiger partial charge on any atom is 0.200 e. The minimum atomic E-state index is -0.918. The van der Waals surface area contributed by atoms with Gasteiger partial charge in [-0.25, -0.2) is 4.39 Å². The Hall–Kier alpha value is -1.16. The smallest absolute Gasteiger partial charge is 0.200 e. The van der Waals surface area contributed by atoms with Gasteiger partial charge in [-0.3, -0.25) is 0 Å². The van der Waals surface area contributed by atoms with Gasteiger partial charge in [0.05, 0.1) is 6.10 Å². The highest BCUT2D eigenvalue weighted by atomic mass is 19.2. The Kier molecular flexibility index (Phi) is 6.05. The Morgan fingerprint density at radius 2 is 2.00 bits per heavy atom. The normalized spacial score (nSPS) is 14.3. The molecule has 0 aliphatic carbocycles. The minimum absolute atomic E-state index is 0.0230. The molecule has 1 aromatic carbocycles.